The minimum absolute atomic E-state index is 0.00302. The highest BCUT2D eigenvalue weighted by Gasteiger charge is 2.47. The van der Waals surface area contributed by atoms with Crippen molar-refractivity contribution in [2.24, 2.45) is 0 Å². The molecule has 1 aromatic rings. The lowest BCUT2D eigenvalue weighted by molar-refractivity contribution is -0.132. The molecule has 0 spiro atoms. The second kappa shape index (κ2) is 7.82. The van der Waals surface area contributed by atoms with Gasteiger partial charge in [0.15, 0.2) is 0 Å². The van der Waals surface area contributed by atoms with Crippen molar-refractivity contribution in [2.45, 2.75) is 18.6 Å². The lowest BCUT2D eigenvalue weighted by Crippen LogP contribution is -2.48. The number of halogens is 3. The molecular weight excluding hydrogens is 415 g/mol. The lowest BCUT2D eigenvalue weighted by atomic mass is 10.1. The SMILES string of the molecule is O=C(NC[C@@H]1OC(=O)N2c3cc(F)c(N4CC[S+]([O-])CC4)cc3OC[C@@H]12)C(F)F. The zero-order valence-electron chi connectivity index (χ0n) is 15.1. The Bertz CT molecular complexity index is 822. The fraction of sp³-hybridized carbons (Fsp3) is 0.529. The first kappa shape index (κ1) is 20.0. The molecule has 0 unspecified atom stereocenters. The maximum Gasteiger partial charge on any atom is 0.415 e. The number of hydrogen-bond donors (Lipinski definition) is 1. The lowest BCUT2D eigenvalue weighted by Gasteiger charge is -2.34. The van der Waals surface area contributed by atoms with Crippen LogP contribution in [0.3, 0.4) is 0 Å². The van der Waals surface area contributed by atoms with Crippen LogP contribution in [-0.4, -0.2) is 72.9 Å². The molecule has 12 heteroatoms. The summed E-state index contributed by atoms with van der Waals surface area (Å²) < 4.78 is 61.9. The molecule has 3 aliphatic rings. The topological polar surface area (TPSA) is 94.2 Å². The molecule has 0 saturated carbocycles. The standard InChI is InChI=1S/C17H18F3N3O5S/c18-9-5-11-13(6-10(9)22-1-3-29(26)4-2-22)27-8-12-14(28-17(25)23(11)12)7-21-16(24)15(19)20/h5-6,12,14-15H,1-4,7-8H2,(H,21,24)/t12-,14-/m0/s1. The summed E-state index contributed by atoms with van der Waals surface area (Å²) >= 11 is -0.906. The van der Waals surface area contributed by atoms with Crippen LogP contribution in [0.2, 0.25) is 0 Å². The Morgan fingerprint density at radius 1 is 1.31 bits per heavy atom. The molecule has 2 atom stereocenters. The summed E-state index contributed by atoms with van der Waals surface area (Å²) in [5.41, 5.74) is 0.475. The highest BCUT2D eigenvalue weighted by Crippen LogP contribution is 2.42. The maximum atomic E-state index is 14.8. The summed E-state index contributed by atoms with van der Waals surface area (Å²) in [5.74, 6) is -0.843. The monoisotopic (exact) mass is 433 g/mol. The summed E-state index contributed by atoms with van der Waals surface area (Å²) in [5, 5.41) is 2.01. The van der Waals surface area contributed by atoms with E-state index in [2.05, 4.69) is 0 Å². The Balaban J connectivity index is 1.53. The van der Waals surface area contributed by atoms with E-state index in [4.69, 9.17) is 9.47 Å². The van der Waals surface area contributed by atoms with Gasteiger partial charge < -0.3 is 24.2 Å². The Kier molecular flexibility index (Phi) is 5.38. The number of alkyl halides is 2. The Labute approximate surface area is 167 Å². The van der Waals surface area contributed by atoms with Crippen molar-refractivity contribution in [1.82, 2.24) is 5.32 Å². The molecule has 2 fully saturated rings. The van der Waals surface area contributed by atoms with Gasteiger partial charge in [-0.3, -0.25) is 9.69 Å². The molecule has 0 aliphatic carbocycles. The minimum atomic E-state index is -3.17. The van der Waals surface area contributed by atoms with E-state index in [-0.39, 0.29) is 18.8 Å². The zero-order chi connectivity index (χ0) is 20.7. The van der Waals surface area contributed by atoms with Gasteiger partial charge in [0.25, 0.3) is 5.91 Å². The van der Waals surface area contributed by atoms with E-state index in [1.54, 1.807) is 4.90 Å². The molecule has 0 radical (unpaired) electrons. The number of benzene rings is 1. The number of ether oxygens (including phenoxy) is 2. The average Bonchev–Trinajstić information content (AvgIpc) is 3.02. The van der Waals surface area contributed by atoms with Crippen LogP contribution in [0.4, 0.5) is 29.3 Å². The van der Waals surface area contributed by atoms with Gasteiger partial charge in [0.05, 0.1) is 31.0 Å². The summed E-state index contributed by atoms with van der Waals surface area (Å²) in [6, 6.07) is 1.98. The fourth-order valence-corrected chi connectivity index (χ4v) is 4.67. The highest BCUT2D eigenvalue weighted by atomic mass is 32.2. The summed E-state index contributed by atoms with van der Waals surface area (Å²) in [6.07, 6.45) is -4.85. The van der Waals surface area contributed by atoms with Crippen LogP contribution in [0.5, 0.6) is 5.75 Å². The molecule has 1 N–H and O–H groups in total. The minimum Gasteiger partial charge on any atom is -0.616 e. The van der Waals surface area contributed by atoms with Crippen LogP contribution in [0.25, 0.3) is 0 Å². The molecule has 8 nitrogen and oxygen atoms in total. The van der Waals surface area contributed by atoms with Gasteiger partial charge in [0.2, 0.25) is 0 Å². The quantitative estimate of drug-likeness (QED) is 0.708. The van der Waals surface area contributed by atoms with E-state index in [1.807, 2.05) is 5.32 Å². The Hall–Kier alpha value is -2.34. The molecule has 3 aliphatic heterocycles. The average molecular weight is 433 g/mol. The van der Waals surface area contributed by atoms with E-state index in [0.717, 1.165) is 0 Å². The largest absolute Gasteiger partial charge is 0.616 e. The predicted octanol–water partition coefficient (Wildman–Crippen LogP) is 0.862. The predicted molar refractivity (Wildman–Crippen MR) is 97.5 cm³/mol. The molecule has 4 rings (SSSR count). The Morgan fingerprint density at radius 2 is 2.03 bits per heavy atom. The van der Waals surface area contributed by atoms with Crippen LogP contribution >= 0.6 is 0 Å². The Morgan fingerprint density at radius 3 is 2.72 bits per heavy atom. The molecule has 2 amide bonds. The third-order valence-electron chi connectivity index (χ3n) is 5.10. The van der Waals surface area contributed by atoms with Gasteiger partial charge in [-0.05, 0) is 0 Å². The van der Waals surface area contributed by atoms with Crippen molar-refractivity contribution < 1.29 is 36.8 Å². The number of hydrogen-bond acceptors (Lipinski definition) is 6. The van der Waals surface area contributed by atoms with Crippen LogP contribution in [0.1, 0.15) is 0 Å². The summed E-state index contributed by atoms with van der Waals surface area (Å²) in [6.45, 7) is 0.592. The van der Waals surface area contributed by atoms with Gasteiger partial charge in [0.1, 0.15) is 41.8 Å². The van der Waals surface area contributed by atoms with Crippen molar-refractivity contribution in [3.8, 4) is 5.75 Å². The third-order valence-corrected chi connectivity index (χ3v) is 6.38. The van der Waals surface area contributed by atoms with E-state index < -0.39 is 47.6 Å². The summed E-state index contributed by atoms with van der Waals surface area (Å²) in [7, 11) is 0. The fourth-order valence-electron chi connectivity index (χ4n) is 3.61. The smallest absolute Gasteiger partial charge is 0.415 e. The number of rotatable bonds is 4. The number of anilines is 2. The molecule has 0 aromatic heterocycles. The number of nitrogens with zero attached hydrogens (tertiary/aromatic N) is 2. The first-order chi connectivity index (χ1) is 13.8. The van der Waals surface area contributed by atoms with Gasteiger partial charge >= 0.3 is 12.5 Å². The van der Waals surface area contributed by atoms with Gasteiger partial charge in [-0.2, -0.15) is 8.78 Å². The number of nitrogens with one attached hydrogen (secondary N) is 1. The van der Waals surface area contributed by atoms with Crippen LogP contribution < -0.4 is 19.9 Å². The summed E-state index contributed by atoms with van der Waals surface area (Å²) in [4.78, 5) is 26.4. The van der Waals surface area contributed by atoms with Crippen LogP contribution in [0, 0.1) is 5.82 Å². The second-order valence-electron chi connectivity index (χ2n) is 6.82. The van der Waals surface area contributed by atoms with Gasteiger partial charge in [-0.25, -0.2) is 9.18 Å². The van der Waals surface area contributed by atoms with E-state index in [0.29, 0.717) is 36.0 Å². The number of carbonyl (C=O) groups excluding carboxylic acids is 2. The van der Waals surface area contributed by atoms with E-state index >= 15 is 0 Å². The molecular formula is C17H18F3N3O5S. The van der Waals surface area contributed by atoms with Crippen LogP contribution in [-0.2, 0) is 20.7 Å². The number of amides is 2. The van der Waals surface area contributed by atoms with Crippen molar-refractivity contribution in [2.75, 3.05) is 47.5 Å². The number of cyclic esters (lactones) is 1. The zero-order valence-corrected chi connectivity index (χ0v) is 15.9. The molecule has 158 valence electrons. The van der Waals surface area contributed by atoms with Crippen molar-refractivity contribution in [3.05, 3.63) is 17.9 Å². The van der Waals surface area contributed by atoms with Gasteiger partial charge in [-0.1, -0.05) is 11.2 Å². The normalized spacial score (nSPS) is 24.1. The van der Waals surface area contributed by atoms with Gasteiger partial charge in [0, 0.05) is 12.1 Å². The van der Waals surface area contributed by atoms with Crippen molar-refractivity contribution in [1.29, 1.82) is 0 Å². The molecule has 2 saturated heterocycles. The first-order valence-corrected chi connectivity index (χ1v) is 10.5. The molecule has 0 bridgehead atoms. The highest BCUT2D eigenvalue weighted by molar-refractivity contribution is 7.91. The molecule has 1 aromatic carbocycles. The van der Waals surface area contributed by atoms with Crippen molar-refractivity contribution in [3.63, 3.8) is 0 Å². The molecule has 3 heterocycles. The van der Waals surface area contributed by atoms with Crippen molar-refractivity contribution >= 4 is 34.6 Å². The maximum absolute atomic E-state index is 14.8. The van der Waals surface area contributed by atoms with E-state index in [1.165, 1.54) is 17.0 Å². The van der Waals surface area contributed by atoms with E-state index in [9.17, 15) is 27.3 Å². The van der Waals surface area contributed by atoms with Crippen LogP contribution in [0.15, 0.2) is 12.1 Å². The van der Waals surface area contributed by atoms with Gasteiger partial charge in [-0.15, -0.1) is 0 Å². The second-order valence-corrected chi connectivity index (χ2v) is 8.52. The number of carbonyl (C=O) groups is 2. The first-order valence-electron chi connectivity index (χ1n) is 8.97. The third kappa shape index (κ3) is 3.78. The number of fused-ring (bicyclic) bond motifs is 3. The molecule has 29 heavy (non-hydrogen) atoms.